The third kappa shape index (κ3) is 5.12. The molecule has 0 spiro atoms. The summed E-state index contributed by atoms with van der Waals surface area (Å²) >= 11 is 3.25. The summed E-state index contributed by atoms with van der Waals surface area (Å²) in [6.07, 6.45) is 0. The number of nitrogens with one attached hydrogen (secondary N) is 1. The molecule has 1 aromatic rings. The van der Waals surface area contributed by atoms with Crippen LogP contribution in [-0.4, -0.2) is 25.7 Å². The van der Waals surface area contributed by atoms with Gasteiger partial charge >= 0.3 is 12.6 Å². The molecule has 19 heavy (non-hydrogen) atoms. The van der Waals surface area contributed by atoms with E-state index in [-0.39, 0.29) is 12.3 Å². The van der Waals surface area contributed by atoms with Crippen molar-refractivity contribution in [2.75, 3.05) is 7.11 Å². The fraction of sp³-hybridized carbons (Fsp3) is 0.417. The van der Waals surface area contributed by atoms with Gasteiger partial charge in [-0.3, -0.25) is 4.79 Å². The van der Waals surface area contributed by atoms with Gasteiger partial charge in [-0.2, -0.15) is 8.78 Å². The van der Waals surface area contributed by atoms with Crippen LogP contribution in [0.15, 0.2) is 22.7 Å². The lowest BCUT2D eigenvalue weighted by Crippen LogP contribution is -2.34. The van der Waals surface area contributed by atoms with Gasteiger partial charge in [0.15, 0.2) is 0 Å². The highest BCUT2D eigenvalue weighted by Crippen LogP contribution is 2.24. The molecular formula is C12H14BrF2NO3. The number of alkyl halides is 2. The molecule has 0 bridgehead atoms. The summed E-state index contributed by atoms with van der Waals surface area (Å²) in [5, 5.41) is 2.87. The van der Waals surface area contributed by atoms with Crippen LogP contribution < -0.4 is 10.1 Å². The summed E-state index contributed by atoms with van der Waals surface area (Å²) in [4.78, 5) is 11.2. The van der Waals surface area contributed by atoms with E-state index in [1.165, 1.54) is 13.2 Å². The number of halogens is 3. The number of rotatable bonds is 6. The van der Waals surface area contributed by atoms with Crippen LogP contribution in [0, 0.1) is 0 Å². The first-order valence-electron chi connectivity index (χ1n) is 5.48. The highest BCUT2D eigenvalue weighted by Gasteiger charge is 2.15. The normalized spacial score (nSPS) is 12.3. The van der Waals surface area contributed by atoms with Crippen LogP contribution in [0.25, 0.3) is 0 Å². The molecule has 0 saturated carbocycles. The molecule has 1 aromatic carbocycles. The lowest BCUT2D eigenvalue weighted by Gasteiger charge is -2.14. The summed E-state index contributed by atoms with van der Waals surface area (Å²) in [5.41, 5.74) is 0.519. The van der Waals surface area contributed by atoms with Crippen molar-refractivity contribution in [2.24, 2.45) is 0 Å². The number of ether oxygens (including phenoxy) is 2. The van der Waals surface area contributed by atoms with Crippen molar-refractivity contribution >= 4 is 21.9 Å². The number of carbonyl (C=O) groups excluding carboxylic acids is 1. The summed E-state index contributed by atoms with van der Waals surface area (Å²) in [6, 6.07) is 4.15. The Morgan fingerprint density at radius 1 is 1.47 bits per heavy atom. The summed E-state index contributed by atoms with van der Waals surface area (Å²) in [6.45, 7) is -1.06. The van der Waals surface area contributed by atoms with Gasteiger partial charge in [0.05, 0.1) is 7.11 Å². The van der Waals surface area contributed by atoms with Crippen LogP contribution >= 0.6 is 15.9 Å². The van der Waals surface area contributed by atoms with Gasteiger partial charge in [-0.1, -0.05) is 15.9 Å². The molecule has 0 aliphatic heterocycles. The van der Waals surface area contributed by atoms with Crippen molar-refractivity contribution in [2.45, 2.75) is 26.1 Å². The van der Waals surface area contributed by atoms with Crippen LogP contribution in [0.3, 0.4) is 0 Å². The summed E-state index contributed by atoms with van der Waals surface area (Å²) in [5.74, 6) is -0.353. The Hall–Kier alpha value is -1.21. The number of methoxy groups -OCH3 is 1. The largest absolute Gasteiger partial charge is 0.468 e. The number of hydrogen-bond donors (Lipinski definition) is 1. The number of esters is 1. The SMILES string of the molecule is COC(=O)[C@H](C)NCc1cc(Br)ccc1OC(F)F. The van der Waals surface area contributed by atoms with Gasteiger partial charge in [0.25, 0.3) is 0 Å². The molecular weight excluding hydrogens is 324 g/mol. The first kappa shape index (κ1) is 15.8. The van der Waals surface area contributed by atoms with Crippen LogP contribution in [0.4, 0.5) is 8.78 Å². The standard InChI is InChI=1S/C12H14BrF2NO3/c1-7(11(17)18-2)16-6-8-5-9(13)3-4-10(8)19-12(14)15/h3-5,7,12,16H,6H2,1-2H3/t7-/m0/s1. The lowest BCUT2D eigenvalue weighted by molar-refractivity contribution is -0.142. The fourth-order valence-electron chi connectivity index (χ4n) is 1.42. The molecule has 1 N–H and O–H groups in total. The van der Waals surface area contributed by atoms with Crippen molar-refractivity contribution in [3.05, 3.63) is 28.2 Å². The minimum Gasteiger partial charge on any atom is -0.468 e. The second kappa shape index (κ2) is 7.40. The maximum Gasteiger partial charge on any atom is 0.387 e. The predicted molar refractivity (Wildman–Crippen MR) is 69.1 cm³/mol. The fourth-order valence-corrected chi connectivity index (χ4v) is 1.83. The van der Waals surface area contributed by atoms with E-state index in [0.29, 0.717) is 5.56 Å². The van der Waals surface area contributed by atoms with E-state index in [1.54, 1.807) is 19.1 Å². The van der Waals surface area contributed by atoms with Gasteiger partial charge < -0.3 is 14.8 Å². The van der Waals surface area contributed by atoms with Crippen molar-refractivity contribution < 1.29 is 23.0 Å². The van der Waals surface area contributed by atoms with Gasteiger partial charge in [0.1, 0.15) is 11.8 Å². The predicted octanol–water partition coefficient (Wildman–Crippen LogP) is 2.70. The molecule has 1 atom stereocenters. The molecule has 106 valence electrons. The molecule has 0 unspecified atom stereocenters. The first-order valence-corrected chi connectivity index (χ1v) is 6.27. The van der Waals surface area contributed by atoms with E-state index in [2.05, 4.69) is 30.7 Å². The molecule has 4 nitrogen and oxygen atoms in total. The molecule has 0 aliphatic carbocycles. The molecule has 0 radical (unpaired) electrons. The van der Waals surface area contributed by atoms with E-state index >= 15 is 0 Å². The van der Waals surface area contributed by atoms with E-state index in [4.69, 9.17) is 0 Å². The Morgan fingerprint density at radius 3 is 2.74 bits per heavy atom. The van der Waals surface area contributed by atoms with Gasteiger partial charge in [-0.15, -0.1) is 0 Å². The van der Waals surface area contributed by atoms with Gasteiger partial charge in [0, 0.05) is 16.6 Å². The van der Waals surface area contributed by atoms with Crippen molar-refractivity contribution in [3.63, 3.8) is 0 Å². The Labute approximate surface area is 118 Å². The zero-order valence-corrected chi connectivity index (χ0v) is 12.0. The van der Waals surface area contributed by atoms with Crippen LogP contribution in [0.5, 0.6) is 5.75 Å². The molecule has 0 saturated heterocycles. The average molecular weight is 338 g/mol. The highest BCUT2D eigenvalue weighted by molar-refractivity contribution is 9.10. The first-order chi connectivity index (χ1) is 8.93. The van der Waals surface area contributed by atoms with E-state index in [0.717, 1.165) is 4.47 Å². The summed E-state index contributed by atoms with van der Waals surface area (Å²) < 4.78 is 34.2. The zero-order valence-electron chi connectivity index (χ0n) is 10.5. The molecule has 0 aliphatic rings. The maximum absolute atomic E-state index is 12.3. The lowest BCUT2D eigenvalue weighted by atomic mass is 10.2. The second-order valence-corrected chi connectivity index (χ2v) is 4.67. The van der Waals surface area contributed by atoms with Crippen molar-refractivity contribution in [1.29, 1.82) is 0 Å². The van der Waals surface area contributed by atoms with E-state index < -0.39 is 18.6 Å². The Balaban J connectivity index is 2.75. The van der Waals surface area contributed by atoms with Crippen molar-refractivity contribution in [3.8, 4) is 5.75 Å². The van der Waals surface area contributed by atoms with Crippen LogP contribution in [-0.2, 0) is 16.1 Å². The Morgan fingerprint density at radius 2 is 2.16 bits per heavy atom. The molecule has 7 heteroatoms. The number of benzene rings is 1. The Kier molecular flexibility index (Phi) is 6.17. The smallest absolute Gasteiger partial charge is 0.387 e. The third-order valence-corrected chi connectivity index (χ3v) is 2.89. The van der Waals surface area contributed by atoms with Gasteiger partial charge in [-0.25, -0.2) is 0 Å². The number of carbonyl (C=O) groups is 1. The third-order valence-electron chi connectivity index (χ3n) is 2.39. The second-order valence-electron chi connectivity index (χ2n) is 3.76. The molecule has 0 heterocycles. The molecule has 0 fully saturated rings. The quantitative estimate of drug-likeness (QED) is 0.811. The monoisotopic (exact) mass is 337 g/mol. The molecule has 0 amide bonds. The van der Waals surface area contributed by atoms with E-state index in [1.807, 2.05) is 0 Å². The maximum atomic E-state index is 12.3. The van der Waals surface area contributed by atoms with Crippen molar-refractivity contribution in [1.82, 2.24) is 5.32 Å². The van der Waals surface area contributed by atoms with E-state index in [9.17, 15) is 13.6 Å². The Bertz CT molecular complexity index is 443. The summed E-state index contributed by atoms with van der Waals surface area (Å²) in [7, 11) is 1.28. The average Bonchev–Trinajstić information content (AvgIpc) is 2.37. The zero-order chi connectivity index (χ0) is 14.4. The highest BCUT2D eigenvalue weighted by atomic mass is 79.9. The number of hydrogen-bond acceptors (Lipinski definition) is 4. The van der Waals surface area contributed by atoms with Gasteiger partial charge in [-0.05, 0) is 25.1 Å². The minimum absolute atomic E-state index is 0.0720. The minimum atomic E-state index is -2.89. The van der Waals surface area contributed by atoms with Crippen LogP contribution in [0.2, 0.25) is 0 Å². The molecule has 0 aromatic heterocycles. The molecule has 1 rings (SSSR count). The van der Waals surface area contributed by atoms with Crippen LogP contribution in [0.1, 0.15) is 12.5 Å². The topological polar surface area (TPSA) is 47.6 Å². The van der Waals surface area contributed by atoms with Gasteiger partial charge in [0.2, 0.25) is 0 Å².